The summed E-state index contributed by atoms with van der Waals surface area (Å²) in [4.78, 5) is 50.9. The standard InChI is InChI=1S/C25H23N3O6S/c1-3-34-24(31)17-7-9-18(10-8-17)26-21(29)15-27-20-11-12-35-22(20)23(30)28(25(27)32)14-16-5-4-6-19(13-16)33-2/h4-13H,3,14-15H2,1-2H3,(H,26,29). The van der Waals surface area contributed by atoms with E-state index in [1.165, 1.54) is 15.9 Å². The maximum absolute atomic E-state index is 13.3. The molecule has 4 aromatic rings. The van der Waals surface area contributed by atoms with Crippen LogP contribution in [0, 0.1) is 0 Å². The highest BCUT2D eigenvalue weighted by Gasteiger charge is 2.17. The van der Waals surface area contributed by atoms with Gasteiger partial charge < -0.3 is 14.8 Å². The highest BCUT2D eigenvalue weighted by molar-refractivity contribution is 7.17. The fraction of sp³-hybridized carbons (Fsp3) is 0.200. The van der Waals surface area contributed by atoms with Gasteiger partial charge in [0.25, 0.3) is 5.56 Å². The van der Waals surface area contributed by atoms with Crippen molar-refractivity contribution in [2.45, 2.75) is 20.0 Å². The molecule has 1 N–H and O–H groups in total. The molecule has 0 spiro atoms. The highest BCUT2D eigenvalue weighted by atomic mass is 32.1. The number of anilines is 1. The van der Waals surface area contributed by atoms with Crippen LogP contribution in [0.5, 0.6) is 5.75 Å². The van der Waals surface area contributed by atoms with Gasteiger partial charge in [-0.2, -0.15) is 0 Å². The minimum absolute atomic E-state index is 0.0413. The normalized spacial score (nSPS) is 10.8. The predicted molar refractivity (Wildman–Crippen MR) is 133 cm³/mol. The van der Waals surface area contributed by atoms with Crippen molar-refractivity contribution >= 4 is 39.1 Å². The fourth-order valence-electron chi connectivity index (χ4n) is 3.63. The molecule has 35 heavy (non-hydrogen) atoms. The number of methoxy groups -OCH3 is 1. The summed E-state index contributed by atoms with van der Waals surface area (Å²) in [6.07, 6.45) is 0. The van der Waals surface area contributed by atoms with E-state index in [-0.39, 0.29) is 19.7 Å². The first kappa shape index (κ1) is 24.0. The van der Waals surface area contributed by atoms with Crippen LogP contribution in [0.4, 0.5) is 5.69 Å². The number of carbonyl (C=O) groups is 2. The van der Waals surface area contributed by atoms with Crippen LogP contribution >= 0.6 is 11.3 Å². The maximum atomic E-state index is 13.3. The zero-order valence-electron chi connectivity index (χ0n) is 19.1. The van der Waals surface area contributed by atoms with Crippen molar-refractivity contribution in [2.75, 3.05) is 19.0 Å². The van der Waals surface area contributed by atoms with E-state index in [0.717, 1.165) is 10.1 Å². The van der Waals surface area contributed by atoms with Crippen molar-refractivity contribution in [1.82, 2.24) is 9.13 Å². The van der Waals surface area contributed by atoms with Crippen LogP contribution in [-0.2, 0) is 22.6 Å². The van der Waals surface area contributed by atoms with E-state index in [1.807, 2.05) is 0 Å². The summed E-state index contributed by atoms with van der Waals surface area (Å²) in [5.41, 5.74) is 0.954. The van der Waals surface area contributed by atoms with Gasteiger partial charge in [-0.15, -0.1) is 11.3 Å². The first-order chi connectivity index (χ1) is 16.9. The predicted octanol–water partition coefficient (Wildman–Crippen LogP) is 3.10. The molecule has 180 valence electrons. The molecule has 0 aliphatic heterocycles. The summed E-state index contributed by atoms with van der Waals surface area (Å²) < 4.78 is 13.0. The van der Waals surface area contributed by atoms with Gasteiger partial charge in [-0.1, -0.05) is 12.1 Å². The molecule has 0 bridgehead atoms. The SMILES string of the molecule is CCOC(=O)c1ccc(NC(=O)Cn2c(=O)n(Cc3cccc(OC)c3)c(=O)c3sccc32)cc1. The Morgan fingerprint density at radius 3 is 2.51 bits per heavy atom. The molecule has 9 nitrogen and oxygen atoms in total. The number of esters is 1. The molecular weight excluding hydrogens is 470 g/mol. The van der Waals surface area contributed by atoms with Crippen molar-refractivity contribution < 1.29 is 19.1 Å². The molecule has 0 atom stereocenters. The second-order valence-corrected chi connectivity index (χ2v) is 8.51. The van der Waals surface area contributed by atoms with E-state index >= 15 is 0 Å². The van der Waals surface area contributed by atoms with Gasteiger partial charge in [0.1, 0.15) is 17.0 Å². The molecule has 0 saturated heterocycles. The monoisotopic (exact) mass is 493 g/mol. The van der Waals surface area contributed by atoms with E-state index in [1.54, 1.807) is 74.0 Å². The number of aromatic nitrogens is 2. The van der Waals surface area contributed by atoms with Crippen LogP contribution in [0.2, 0.25) is 0 Å². The summed E-state index contributed by atoms with van der Waals surface area (Å²) in [5, 5.41) is 4.43. The zero-order valence-corrected chi connectivity index (χ0v) is 20.0. The van der Waals surface area contributed by atoms with E-state index in [9.17, 15) is 19.2 Å². The Kier molecular flexibility index (Phi) is 7.11. The Balaban J connectivity index is 1.61. The first-order valence-electron chi connectivity index (χ1n) is 10.8. The third-order valence-corrected chi connectivity index (χ3v) is 6.18. The van der Waals surface area contributed by atoms with Crippen molar-refractivity contribution in [3.63, 3.8) is 0 Å². The molecular formula is C25H23N3O6S. The number of amides is 1. The van der Waals surface area contributed by atoms with Crippen molar-refractivity contribution in [3.05, 3.63) is 91.9 Å². The molecule has 0 saturated carbocycles. The number of carbonyl (C=O) groups excluding carboxylic acids is 2. The van der Waals surface area contributed by atoms with Crippen molar-refractivity contribution in [3.8, 4) is 5.75 Å². The maximum Gasteiger partial charge on any atom is 0.338 e. The molecule has 0 aliphatic carbocycles. The average Bonchev–Trinajstić information content (AvgIpc) is 3.35. The van der Waals surface area contributed by atoms with Crippen LogP contribution in [0.3, 0.4) is 0 Å². The third-order valence-electron chi connectivity index (χ3n) is 5.29. The molecule has 2 aromatic carbocycles. The number of ether oxygens (including phenoxy) is 2. The molecule has 0 unspecified atom stereocenters. The minimum Gasteiger partial charge on any atom is -0.497 e. The summed E-state index contributed by atoms with van der Waals surface area (Å²) in [7, 11) is 1.54. The second kappa shape index (κ2) is 10.4. The highest BCUT2D eigenvalue weighted by Crippen LogP contribution is 2.17. The number of thiophene rings is 1. The summed E-state index contributed by atoms with van der Waals surface area (Å²) in [6, 6.07) is 15.0. The molecule has 0 aliphatic rings. The van der Waals surface area contributed by atoms with Gasteiger partial charge in [-0.25, -0.2) is 9.59 Å². The number of fused-ring (bicyclic) bond motifs is 1. The van der Waals surface area contributed by atoms with E-state index in [0.29, 0.717) is 27.2 Å². The average molecular weight is 494 g/mol. The van der Waals surface area contributed by atoms with Crippen LogP contribution in [0.1, 0.15) is 22.8 Å². The Labute approximate surface area is 204 Å². The van der Waals surface area contributed by atoms with Gasteiger partial charge in [0, 0.05) is 5.69 Å². The number of benzene rings is 2. The topological polar surface area (TPSA) is 109 Å². The molecule has 2 heterocycles. The number of rotatable bonds is 8. The van der Waals surface area contributed by atoms with Gasteiger partial charge in [0.15, 0.2) is 0 Å². The molecule has 4 rings (SSSR count). The number of hydrogen-bond donors (Lipinski definition) is 1. The lowest BCUT2D eigenvalue weighted by molar-refractivity contribution is -0.116. The summed E-state index contributed by atoms with van der Waals surface area (Å²) in [6.45, 7) is 1.74. The lowest BCUT2D eigenvalue weighted by Crippen LogP contribution is -2.41. The van der Waals surface area contributed by atoms with Crippen molar-refractivity contribution in [1.29, 1.82) is 0 Å². The van der Waals surface area contributed by atoms with Crippen molar-refractivity contribution in [2.24, 2.45) is 0 Å². The summed E-state index contributed by atoms with van der Waals surface area (Å²) >= 11 is 1.22. The Bertz CT molecular complexity index is 1500. The van der Waals surface area contributed by atoms with Gasteiger partial charge in [0.05, 0.1) is 31.3 Å². The number of nitrogens with one attached hydrogen (secondary N) is 1. The van der Waals surface area contributed by atoms with Crippen LogP contribution in [-0.4, -0.2) is 34.7 Å². The molecule has 0 fully saturated rings. The number of nitrogens with zero attached hydrogens (tertiary/aromatic N) is 2. The molecule has 1 amide bonds. The Morgan fingerprint density at radius 2 is 1.80 bits per heavy atom. The number of hydrogen-bond acceptors (Lipinski definition) is 7. The van der Waals surface area contributed by atoms with Gasteiger partial charge in [-0.05, 0) is 60.3 Å². The Hall–Kier alpha value is -4.18. The largest absolute Gasteiger partial charge is 0.497 e. The molecule has 2 aromatic heterocycles. The van der Waals surface area contributed by atoms with Gasteiger partial charge in [-0.3, -0.25) is 18.7 Å². The molecule has 10 heteroatoms. The fourth-order valence-corrected chi connectivity index (χ4v) is 4.47. The second-order valence-electron chi connectivity index (χ2n) is 7.59. The van der Waals surface area contributed by atoms with Gasteiger partial charge in [0.2, 0.25) is 5.91 Å². The van der Waals surface area contributed by atoms with E-state index < -0.39 is 23.1 Å². The lowest BCUT2D eigenvalue weighted by Gasteiger charge is -2.13. The first-order valence-corrected chi connectivity index (χ1v) is 11.7. The third kappa shape index (κ3) is 5.17. The van der Waals surface area contributed by atoms with E-state index in [2.05, 4.69) is 5.32 Å². The quantitative estimate of drug-likeness (QED) is 0.378. The smallest absolute Gasteiger partial charge is 0.338 e. The van der Waals surface area contributed by atoms with E-state index in [4.69, 9.17) is 9.47 Å². The van der Waals surface area contributed by atoms with Gasteiger partial charge >= 0.3 is 11.7 Å². The lowest BCUT2D eigenvalue weighted by atomic mass is 10.2. The Morgan fingerprint density at radius 1 is 1.03 bits per heavy atom. The zero-order chi connectivity index (χ0) is 24.9. The van der Waals surface area contributed by atoms with Crippen LogP contribution in [0.15, 0.2) is 69.6 Å². The minimum atomic E-state index is -0.587. The molecule has 0 radical (unpaired) electrons. The van der Waals surface area contributed by atoms with Crippen LogP contribution in [0.25, 0.3) is 10.2 Å². The summed E-state index contributed by atoms with van der Waals surface area (Å²) in [5.74, 6) is -0.286. The van der Waals surface area contributed by atoms with Crippen LogP contribution < -0.4 is 21.3 Å².